The molecule has 0 aliphatic heterocycles. The first-order chi connectivity index (χ1) is 16.3. The molecule has 0 saturated carbocycles. The van der Waals surface area contributed by atoms with Gasteiger partial charge in [0, 0.05) is 23.1 Å². The van der Waals surface area contributed by atoms with E-state index < -0.39 is 17.1 Å². The minimum absolute atomic E-state index is 0.252. The summed E-state index contributed by atoms with van der Waals surface area (Å²) < 4.78 is 10.7. The highest BCUT2D eigenvalue weighted by atomic mass is 16.6. The molecule has 2 N–H and O–H groups in total. The van der Waals surface area contributed by atoms with Gasteiger partial charge < -0.3 is 19.8 Å². The fourth-order valence-corrected chi connectivity index (χ4v) is 4.29. The van der Waals surface area contributed by atoms with Gasteiger partial charge in [-0.2, -0.15) is 0 Å². The molecule has 0 aliphatic carbocycles. The number of carbonyl (C=O) groups is 2. The first kappa shape index (κ1) is 26.3. The quantitative estimate of drug-likeness (QED) is 0.387. The molecule has 0 bridgehead atoms. The third-order valence-electron chi connectivity index (χ3n) is 5.97. The number of benzene rings is 2. The van der Waals surface area contributed by atoms with Crippen molar-refractivity contribution < 1.29 is 19.1 Å². The van der Waals surface area contributed by atoms with Crippen LogP contribution < -0.4 is 5.32 Å². The first-order valence-electron chi connectivity index (χ1n) is 12.2. The lowest BCUT2D eigenvalue weighted by atomic mass is 9.83. The third-order valence-corrected chi connectivity index (χ3v) is 5.97. The molecule has 3 aromatic rings. The minimum Gasteiger partial charge on any atom is -0.465 e. The number of aromatic nitrogens is 1. The number of H-pyrrole nitrogens is 1. The summed E-state index contributed by atoms with van der Waals surface area (Å²) in [6.07, 6.45) is 0.166. The predicted octanol–water partition coefficient (Wildman–Crippen LogP) is 6.36. The van der Waals surface area contributed by atoms with Crippen LogP contribution in [0, 0.1) is 13.8 Å². The highest BCUT2D eigenvalue weighted by Gasteiger charge is 2.32. The van der Waals surface area contributed by atoms with E-state index in [1.807, 2.05) is 53.7 Å². The van der Waals surface area contributed by atoms with Crippen molar-refractivity contribution in [1.82, 2.24) is 10.3 Å². The summed E-state index contributed by atoms with van der Waals surface area (Å²) >= 11 is 0. The van der Waals surface area contributed by atoms with Gasteiger partial charge in [0.05, 0.1) is 12.0 Å². The Hall–Kier alpha value is -3.28. The molecule has 0 spiro atoms. The number of hydrogen-bond donors (Lipinski definition) is 2. The molecule has 3 rings (SSSR count). The van der Waals surface area contributed by atoms with Crippen LogP contribution in [-0.2, 0) is 26.1 Å². The van der Waals surface area contributed by atoms with Gasteiger partial charge >= 0.3 is 12.1 Å². The maximum absolute atomic E-state index is 12.7. The van der Waals surface area contributed by atoms with Crippen LogP contribution in [-0.4, -0.2) is 35.8 Å². The van der Waals surface area contributed by atoms with E-state index in [2.05, 4.69) is 48.4 Å². The molecule has 35 heavy (non-hydrogen) atoms. The monoisotopic (exact) mass is 478 g/mol. The number of hydrogen-bond acceptors (Lipinski definition) is 4. The van der Waals surface area contributed by atoms with E-state index in [1.165, 1.54) is 11.1 Å². The highest BCUT2D eigenvalue weighted by molar-refractivity contribution is 5.93. The average molecular weight is 479 g/mol. The Balaban J connectivity index is 2.05. The van der Waals surface area contributed by atoms with Gasteiger partial charge in [-0.15, -0.1) is 0 Å². The summed E-state index contributed by atoms with van der Waals surface area (Å²) in [5.41, 5.74) is 6.09. The molecule has 1 amide bonds. The second kappa shape index (κ2) is 10.1. The molecule has 0 saturated heterocycles. The number of rotatable bonds is 7. The van der Waals surface area contributed by atoms with Crippen molar-refractivity contribution in [2.45, 2.75) is 72.8 Å². The van der Waals surface area contributed by atoms with Gasteiger partial charge in [-0.05, 0) is 103 Å². The largest absolute Gasteiger partial charge is 0.465 e. The van der Waals surface area contributed by atoms with Gasteiger partial charge in [0.15, 0.2) is 0 Å². The van der Waals surface area contributed by atoms with Crippen molar-refractivity contribution >= 4 is 23.0 Å². The van der Waals surface area contributed by atoms with Crippen LogP contribution in [0.15, 0.2) is 36.4 Å². The summed E-state index contributed by atoms with van der Waals surface area (Å²) in [4.78, 5) is 28.5. The number of aromatic amines is 1. The fraction of sp³-hybridized carbons (Fsp3) is 0.448. The Morgan fingerprint density at radius 2 is 1.63 bits per heavy atom. The van der Waals surface area contributed by atoms with E-state index in [0.717, 1.165) is 33.3 Å². The standard InChI is InChI=1S/C29H38N2O4/c1-9-34-26(32)29(7,8)21-10-11-24-23(17-21)22(12-13-30-27(33)35-28(4,5)6)25(31-24)20-15-18(2)14-19(3)16-20/h10-11,14-17,31H,9,12-13H2,1-8H3,(H,30,33). The number of nitrogens with one attached hydrogen (secondary N) is 2. The summed E-state index contributed by atoms with van der Waals surface area (Å²) in [5, 5.41) is 3.90. The van der Waals surface area contributed by atoms with E-state index in [9.17, 15) is 9.59 Å². The Bertz CT molecular complexity index is 1210. The molecular formula is C29H38N2O4. The molecule has 6 heteroatoms. The molecular weight excluding hydrogens is 440 g/mol. The lowest BCUT2D eigenvalue weighted by Gasteiger charge is -2.23. The topological polar surface area (TPSA) is 80.4 Å². The van der Waals surface area contributed by atoms with Gasteiger partial charge in [0.2, 0.25) is 0 Å². The predicted molar refractivity (Wildman–Crippen MR) is 141 cm³/mol. The number of aryl methyl sites for hydroxylation is 2. The SMILES string of the molecule is CCOC(=O)C(C)(C)c1ccc2[nH]c(-c3cc(C)cc(C)c3)c(CCNC(=O)OC(C)(C)C)c2c1. The normalized spacial score (nSPS) is 12.0. The molecule has 6 nitrogen and oxygen atoms in total. The zero-order valence-electron chi connectivity index (χ0n) is 22.2. The van der Waals surface area contributed by atoms with Crippen molar-refractivity contribution in [3.8, 4) is 11.3 Å². The Labute approximate surface area is 208 Å². The van der Waals surface area contributed by atoms with Crippen LogP contribution in [0.3, 0.4) is 0 Å². The van der Waals surface area contributed by atoms with Gasteiger partial charge in [0.25, 0.3) is 0 Å². The molecule has 188 valence electrons. The van der Waals surface area contributed by atoms with E-state index >= 15 is 0 Å². The smallest absolute Gasteiger partial charge is 0.407 e. The zero-order chi connectivity index (χ0) is 26.0. The molecule has 2 aromatic carbocycles. The lowest BCUT2D eigenvalue weighted by Crippen LogP contribution is -2.33. The molecule has 0 radical (unpaired) electrons. The number of carbonyl (C=O) groups excluding carboxylic acids is 2. The summed E-state index contributed by atoms with van der Waals surface area (Å²) in [7, 11) is 0. The fourth-order valence-electron chi connectivity index (χ4n) is 4.29. The lowest BCUT2D eigenvalue weighted by molar-refractivity contribution is -0.148. The van der Waals surface area contributed by atoms with Crippen molar-refractivity contribution in [2.24, 2.45) is 0 Å². The van der Waals surface area contributed by atoms with E-state index in [0.29, 0.717) is 19.6 Å². The minimum atomic E-state index is -0.784. The van der Waals surface area contributed by atoms with Crippen LogP contribution in [0.25, 0.3) is 22.2 Å². The molecule has 1 aromatic heterocycles. The van der Waals surface area contributed by atoms with Crippen LogP contribution in [0.4, 0.5) is 4.79 Å². The van der Waals surface area contributed by atoms with Crippen LogP contribution in [0.1, 0.15) is 63.8 Å². The molecule has 1 heterocycles. The number of amides is 1. The maximum Gasteiger partial charge on any atom is 0.407 e. The zero-order valence-corrected chi connectivity index (χ0v) is 22.2. The van der Waals surface area contributed by atoms with Crippen LogP contribution in [0.5, 0.6) is 0 Å². The van der Waals surface area contributed by atoms with Gasteiger partial charge in [0.1, 0.15) is 5.60 Å². The van der Waals surface area contributed by atoms with Gasteiger partial charge in [-0.1, -0.05) is 23.3 Å². The van der Waals surface area contributed by atoms with Gasteiger partial charge in [-0.25, -0.2) is 4.79 Å². The van der Waals surface area contributed by atoms with Gasteiger partial charge in [-0.3, -0.25) is 4.79 Å². The third kappa shape index (κ3) is 6.24. The highest BCUT2D eigenvalue weighted by Crippen LogP contribution is 2.35. The maximum atomic E-state index is 12.7. The summed E-state index contributed by atoms with van der Waals surface area (Å²) in [6, 6.07) is 12.5. The molecule has 0 unspecified atom stereocenters. The number of ether oxygens (including phenoxy) is 2. The number of esters is 1. The van der Waals surface area contributed by atoms with Crippen molar-refractivity contribution in [1.29, 1.82) is 0 Å². The second-order valence-electron chi connectivity index (χ2n) is 10.6. The Morgan fingerprint density at radius 3 is 2.23 bits per heavy atom. The van der Waals surface area contributed by atoms with E-state index in [4.69, 9.17) is 9.47 Å². The van der Waals surface area contributed by atoms with E-state index in [-0.39, 0.29) is 5.97 Å². The number of fused-ring (bicyclic) bond motifs is 1. The van der Waals surface area contributed by atoms with E-state index in [1.54, 1.807) is 0 Å². The van der Waals surface area contributed by atoms with Crippen molar-refractivity contribution in [3.05, 3.63) is 58.7 Å². The summed E-state index contributed by atoms with van der Waals surface area (Å²) in [6.45, 7) is 16.0. The van der Waals surface area contributed by atoms with Crippen molar-refractivity contribution in [3.63, 3.8) is 0 Å². The molecule has 0 aliphatic rings. The van der Waals surface area contributed by atoms with Crippen LogP contribution in [0.2, 0.25) is 0 Å². The molecule has 0 atom stereocenters. The number of alkyl carbamates (subject to hydrolysis) is 1. The first-order valence-corrected chi connectivity index (χ1v) is 12.2. The Kier molecular flexibility index (Phi) is 7.63. The molecule has 0 fully saturated rings. The average Bonchev–Trinajstić information content (AvgIpc) is 3.10. The summed E-state index contributed by atoms with van der Waals surface area (Å²) in [5.74, 6) is -0.252. The second-order valence-corrected chi connectivity index (χ2v) is 10.6. The Morgan fingerprint density at radius 1 is 0.971 bits per heavy atom. The van der Waals surface area contributed by atoms with Crippen molar-refractivity contribution in [2.75, 3.05) is 13.2 Å². The van der Waals surface area contributed by atoms with Crippen LogP contribution >= 0.6 is 0 Å².